The zero-order valence-electron chi connectivity index (χ0n) is 23.7. The smallest absolute Gasteiger partial charge is 0.0362 e. The lowest BCUT2D eigenvalue weighted by atomic mass is 9.86. The molecule has 0 bridgehead atoms. The highest BCUT2D eigenvalue weighted by Gasteiger charge is 2.18. The van der Waals surface area contributed by atoms with Crippen LogP contribution in [0.3, 0.4) is 0 Å². The molecule has 0 saturated heterocycles. The van der Waals surface area contributed by atoms with Crippen LogP contribution in [-0.2, 0) is 0 Å². The maximum Gasteiger partial charge on any atom is 0.0362 e. The van der Waals surface area contributed by atoms with Crippen LogP contribution in [0.5, 0.6) is 0 Å². The number of benzene rings is 8. The molecule has 0 aliphatic heterocycles. The lowest BCUT2D eigenvalue weighted by Gasteiger charge is -2.17. The summed E-state index contributed by atoms with van der Waals surface area (Å²) in [7, 11) is 0. The molecule has 0 N–H and O–H groups in total. The first-order chi connectivity index (χ1) is 21.8. The molecular weight excluding hydrogens is 569 g/mol. The van der Waals surface area contributed by atoms with Crippen LogP contribution in [-0.4, -0.2) is 0 Å². The van der Waals surface area contributed by atoms with Crippen molar-refractivity contribution >= 4 is 95.3 Å². The van der Waals surface area contributed by atoms with E-state index in [1.165, 1.54) is 94.9 Å². The summed E-state index contributed by atoms with van der Waals surface area (Å²) in [6.45, 7) is 0. The van der Waals surface area contributed by atoms with Gasteiger partial charge in [0.1, 0.15) is 0 Å². The van der Waals surface area contributed by atoms with E-state index in [2.05, 4.69) is 146 Å². The topological polar surface area (TPSA) is 0 Å². The molecule has 0 amide bonds. The van der Waals surface area contributed by atoms with E-state index in [0.29, 0.717) is 0 Å². The zero-order valence-corrected chi connectivity index (χ0v) is 25.3. The molecular formula is C42H24S2. The monoisotopic (exact) mass is 592 g/mol. The molecule has 0 atom stereocenters. The van der Waals surface area contributed by atoms with Gasteiger partial charge in [-0.2, -0.15) is 0 Å². The van der Waals surface area contributed by atoms with Crippen molar-refractivity contribution in [2.24, 2.45) is 0 Å². The summed E-state index contributed by atoms with van der Waals surface area (Å²) < 4.78 is 5.39. The number of thiophene rings is 2. The molecule has 0 aliphatic rings. The van der Waals surface area contributed by atoms with Gasteiger partial charge in [0.15, 0.2) is 0 Å². The third-order valence-corrected chi connectivity index (χ3v) is 11.5. The molecule has 8 aromatic carbocycles. The van der Waals surface area contributed by atoms with Crippen molar-refractivity contribution in [2.75, 3.05) is 0 Å². The second-order valence-corrected chi connectivity index (χ2v) is 13.8. The van der Waals surface area contributed by atoms with Gasteiger partial charge < -0.3 is 0 Å². The molecule has 0 aliphatic carbocycles. The summed E-state index contributed by atoms with van der Waals surface area (Å²) in [5, 5.41) is 13.3. The fourth-order valence-electron chi connectivity index (χ4n) is 7.33. The molecule has 0 nitrogen and oxygen atoms in total. The largest absolute Gasteiger partial charge is 0.135 e. The van der Waals surface area contributed by atoms with Crippen LogP contribution in [0.1, 0.15) is 0 Å². The van der Waals surface area contributed by atoms with Crippen molar-refractivity contribution in [1.82, 2.24) is 0 Å². The van der Waals surface area contributed by atoms with E-state index < -0.39 is 0 Å². The van der Waals surface area contributed by atoms with Crippen molar-refractivity contribution in [3.8, 4) is 22.3 Å². The minimum Gasteiger partial charge on any atom is -0.135 e. The highest BCUT2D eigenvalue weighted by atomic mass is 32.1. The third-order valence-electron chi connectivity index (χ3n) is 9.23. The number of hydrogen-bond acceptors (Lipinski definition) is 2. The van der Waals surface area contributed by atoms with Gasteiger partial charge in [0.05, 0.1) is 0 Å². The van der Waals surface area contributed by atoms with Gasteiger partial charge in [0.2, 0.25) is 0 Å². The van der Waals surface area contributed by atoms with Crippen molar-refractivity contribution in [1.29, 1.82) is 0 Å². The molecule has 204 valence electrons. The molecule has 2 heteroatoms. The lowest BCUT2D eigenvalue weighted by Crippen LogP contribution is -1.90. The second-order valence-electron chi connectivity index (χ2n) is 11.6. The average molecular weight is 593 g/mol. The van der Waals surface area contributed by atoms with E-state index in [1.807, 2.05) is 22.7 Å². The van der Waals surface area contributed by atoms with Crippen molar-refractivity contribution in [3.63, 3.8) is 0 Å². The number of rotatable bonds is 2. The molecule has 0 spiro atoms. The Morgan fingerprint density at radius 3 is 1.61 bits per heavy atom. The zero-order chi connectivity index (χ0) is 28.8. The van der Waals surface area contributed by atoms with Gasteiger partial charge in [-0.3, -0.25) is 0 Å². The highest BCUT2D eigenvalue weighted by Crippen LogP contribution is 2.47. The summed E-state index contributed by atoms with van der Waals surface area (Å²) in [6.07, 6.45) is 0. The lowest BCUT2D eigenvalue weighted by molar-refractivity contribution is 1.66. The van der Waals surface area contributed by atoms with E-state index in [-0.39, 0.29) is 0 Å². The minimum atomic E-state index is 1.26. The van der Waals surface area contributed by atoms with Gasteiger partial charge in [-0.15, -0.1) is 22.7 Å². The van der Waals surface area contributed by atoms with Crippen LogP contribution in [0.25, 0.3) is 94.9 Å². The fraction of sp³-hybridized carbons (Fsp3) is 0. The second kappa shape index (κ2) is 9.24. The molecule has 0 fully saturated rings. The molecule has 10 rings (SSSR count). The Bertz CT molecular complexity index is 2700. The SMILES string of the molecule is c1ccc(-c2c3ccccc3c(-c3ccc4c(c3)sc3ccc5cc6c(cc5c34)sc3ccccc36)c3ccccc23)cc1. The molecule has 0 radical (unpaired) electrons. The average Bonchev–Trinajstić information content (AvgIpc) is 3.64. The molecule has 10 aromatic rings. The van der Waals surface area contributed by atoms with Crippen molar-refractivity contribution in [2.45, 2.75) is 0 Å². The maximum absolute atomic E-state index is 2.43. The summed E-state index contributed by atoms with van der Waals surface area (Å²) >= 11 is 3.81. The summed E-state index contributed by atoms with van der Waals surface area (Å²) in [6, 6.07) is 54.0. The van der Waals surface area contributed by atoms with Crippen molar-refractivity contribution < 1.29 is 0 Å². The minimum absolute atomic E-state index is 1.26. The Morgan fingerprint density at radius 2 is 0.886 bits per heavy atom. The summed E-state index contributed by atoms with van der Waals surface area (Å²) in [4.78, 5) is 0. The van der Waals surface area contributed by atoms with Crippen molar-refractivity contribution in [3.05, 3.63) is 146 Å². The van der Waals surface area contributed by atoms with Gasteiger partial charge in [-0.05, 0) is 84.9 Å². The first-order valence-electron chi connectivity index (χ1n) is 15.0. The molecule has 44 heavy (non-hydrogen) atoms. The quantitative estimate of drug-likeness (QED) is 0.175. The van der Waals surface area contributed by atoms with E-state index >= 15 is 0 Å². The molecule has 2 aromatic heterocycles. The van der Waals surface area contributed by atoms with Gasteiger partial charge in [0, 0.05) is 40.3 Å². The van der Waals surface area contributed by atoms with Crippen LogP contribution in [0, 0.1) is 0 Å². The van der Waals surface area contributed by atoms with Crippen LogP contribution in [0.4, 0.5) is 0 Å². The van der Waals surface area contributed by atoms with E-state index in [0.717, 1.165) is 0 Å². The summed E-state index contributed by atoms with van der Waals surface area (Å²) in [5.41, 5.74) is 5.15. The Morgan fingerprint density at radius 1 is 0.295 bits per heavy atom. The van der Waals surface area contributed by atoms with Gasteiger partial charge in [-0.1, -0.05) is 115 Å². The number of fused-ring (bicyclic) bond motifs is 10. The highest BCUT2D eigenvalue weighted by molar-refractivity contribution is 7.26. The maximum atomic E-state index is 2.43. The van der Waals surface area contributed by atoms with E-state index in [9.17, 15) is 0 Å². The predicted octanol–water partition coefficient (Wildman–Crippen LogP) is 13.2. The molecule has 2 heterocycles. The standard InChI is InChI=1S/C42H24S2/c1-2-10-25(11-3-1)40-29-13-4-6-15-31(29)41(32-16-7-5-14-30(32)40)27-18-20-33-38(23-27)44-37-21-19-26-22-35-28-12-8-9-17-36(28)43-39(35)24-34(26)42(33)37/h1-24H. The summed E-state index contributed by atoms with van der Waals surface area (Å²) in [5.74, 6) is 0. The van der Waals surface area contributed by atoms with Gasteiger partial charge in [0.25, 0.3) is 0 Å². The van der Waals surface area contributed by atoms with E-state index in [4.69, 9.17) is 0 Å². The first kappa shape index (κ1) is 24.4. The third kappa shape index (κ3) is 3.44. The molecule has 0 unspecified atom stereocenters. The Hall–Kier alpha value is -5.02. The Labute approximate surface area is 262 Å². The van der Waals surface area contributed by atoms with Crippen LogP contribution in [0.2, 0.25) is 0 Å². The van der Waals surface area contributed by atoms with Crippen LogP contribution in [0.15, 0.2) is 146 Å². The Balaban J connectivity index is 1.25. The number of hydrogen-bond donors (Lipinski definition) is 0. The van der Waals surface area contributed by atoms with Gasteiger partial charge in [-0.25, -0.2) is 0 Å². The Kier molecular flexibility index (Phi) is 5.13. The van der Waals surface area contributed by atoms with Gasteiger partial charge >= 0.3 is 0 Å². The normalized spacial score (nSPS) is 12.1. The van der Waals surface area contributed by atoms with E-state index in [1.54, 1.807) is 0 Å². The van der Waals surface area contributed by atoms with Crippen LogP contribution >= 0.6 is 22.7 Å². The van der Waals surface area contributed by atoms with Crippen LogP contribution < -0.4 is 0 Å². The first-order valence-corrected chi connectivity index (χ1v) is 16.6. The predicted molar refractivity (Wildman–Crippen MR) is 196 cm³/mol. The fourth-order valence-corrected chi connectivity index (χ4v) is 9.62. The molecule has 0 saturated carbocycles.